The van der Waals surface area contributed by atoms with E-state index in [2.05, 4.69) is 5.32 Å². The zero-order chi connectivity index (χ0) is 19.7. The third-order valence-corrected chi connectivity index (χ3v) is 5.70. The number of halogens is 1. The topological polar surface area (TPSA) is 95.7 Å². The highest BCUT2D eigenvalue weighted by molar-refractivity contribution is 6.30. The molecule has 2 amide bonds. The van der Waals surface area contributed by atoms with Gasteiger partial charge in [-0.1, -0.05) is 51.4 Å². The van der Waals surface area contributed by atoms with Gasteiger partial charge in [-0.25, -0.2) is 4.79 Å². The van der Waals surface area contributed by atoms with E-state index in [0.29, 0.717) is 24.5 Å². The number of rotatable bonds is 4. The highest BCUT2D eigenvalue weighted by atomic mass is 35.5. The zero-order valence-corrected chi connectivity index (χ0v) is 16.5. The van der Waals surface area contributed by atoms with Crippen molar-refractivity contribution in [2.75, 3.05) is 13.1 Å². The molecule has 0 spiro atoms. The van der Waals surface area contributed by atoms with E-state index >= 15 is 0 Å². The summed E-state index contributed by atoms with van der Waals surface area (Å²) in [5, 5.41) is 12.0. The Kier molecular flexibility index (Phi) is 5.88. The lowest BCUT2D eigenvalue weighted by Crippen LogP contribution is -2.63. The molecular formula is C19H28ClN3O3. The van der Waals surface area contributed by atoms with E-state index in [1.807, 2.05) is 52.0 Å². The number of carbonyl (C=O) groups is 2. The summed E-state index contributed by atoms with van der Waals surface area (Å²) >= 11 is 5.99. The van der Waals surface area contributed by atoms with E-state index in [1.165, 1.54) is 0 Å². The molecule has 0 aromatic heterocycles. The lowest BCUT2D eigenvalue weighted by atomic mass is 9.64. The molecule has 2 rings (SSSR count). The van der Waals surface area contributed by atoms with E-state index in [9.17, 15) is 9.59 Å². The molecule has 1 fully saturated rings. The maximum atomic E-state index is 12.9. The van der Waals surface area contributed by atoms with Crippen LogP contribution < -0.4 is 11.1 Å². The fourth-order valence-electron chi connectivity index (χ4n) is 3.66. The number of carbonyl (C=O) groups excluding carboxylic acids is 1. The molecule has 0 aliphatic carbocycles. The molecular weight excluding hydrogens is 354 g/mol. The van der Waals surface area contributed by atoms with Gasteiger partial charge < -0.3 is 21.1 Å². The van der Waals surface area contributed by atoms with Crippen LogP contribution in [0.5, 0.6) is 0 Å². The molecule has 1 aliphatic rings. The van der Waals surface area contributed by atoms with Crippen molar-refractivity contribution in [2.24, 2.45) is 17.1 Å². The molecule has 6 nitrogen and oxygen atoms in total. The smallest absolute Gasteiger partial charge is 0.405 e. The Labute approximate surface area is 159 Å². The van der Waals surface area contributed by atoms with Crippen molar-refractivity contribution < 1.29 is 14.7 Å². The van der Waals surface area contributed by atoms with Crippen LogP contribution in [0.4, 0.5) is 4.79 Å². The van der Waals surface area contributed by atoms with Gasteiger partial charge in [-0.05, 0) is 30.0 Å². The Bertz CT molecular complexity index is 675. The van der Waals surface area contributed by atoms with E-state index in [-0.39, 0.29) is 17.2 Å². The third-order valence-electron chi connectivity index (χ3n) is 5.45. The summed E-state index contributed by atoms with van der Waals surface area (Å²) < 4.78 is 0. The van der Waals surface area contributed by atoms with Gasteiger partial charge in [0.05, 0.1) is 0 Å². The number of piperidine rings is 1. The number of hydrogen-bond donors (Lipinski definition) is 3. The van der Waals surface area contributed by atoms with Gasteiger partial charge in [-0.3, -0.25) is 4.79 Å². The van der Waals surface area contributed by atoms with Crippen LogP contribution in [0, 0.1) is 11.3 Å². The standard InChI is InChI=1S/C19H28ClN3O3/c1-12(2)15(22-17(25)26)16(24)23-10-9-19(21,18(3,4)11-23)13-5-7-14(20)8-6-13/h5-8,12,15,22H,9-11,21H2,1-4H3,(H,25,26). The van der Waals surface area contributed by atoms with Crippen LogP contribution in [0.3, 0.4) is 0 Å². The highest BCUT2D eigenvalue weighted by Crippen LogP contribution is 2.44. The lowest BCUT2D eigenvalue weighted by Gasteiger charge is -2.52. The molecule has 2 atom stereocenters. The average molecular weight is 382 g/mol. The maximum absolute atomic E-state index is 12.9. The Morgan fingerprint density at radius 1 is 1.27 bits per heavy atom. The number of nitrogens with zero attached hydrogens (tertiary/aromatic N) is 1. The third kappa shape index (κ3) is 3.96. The number of amides is 2. The second kappa shape index (κ2) is 7.45. The SMILES string of the molecule is CC(C)C(NC(=O)O)C(=O)N1CCC(N)(c2ccc(Cl)cc2)C(C)(C)C1. The molecule has 1 saturated heterocycles. The fraction of sp³-hybridized carbons (Fsp3) is 0.579. The van der Waals surface area contributed by atoms with Crippen LogP contribution in [0.25, 0.3) is 0 Å². The lowest BCUT2D eigenvalue weighted by molar-refractivity contribution is -0.139. The van der Waals surface area contributed by atoms with Crippen LogP contribution in [0.2, 0.25) is 5.02 Å². The molecule has 0 radical (unpaired) electrons. The van der Waals surface area contributed by atoms with Gasteiger partial charge >= 0.3 is 6.09 Å². The normalized spacial score (nSPS) is 23.6. The van der Waals surface area contributed by atoms with E-state index < -0.39 is 17.7 Å². The Balaban J connectivity index is 2.23. The molecule has 0 saturated carbocycles. The van der Waals surface area contributed by atoms with Crippen molar-refractivity contribution in [3.63, 3.8) is 0 Å². The van der Waals surface area contributed by atoms with Crippen LogP contribution in [0.1, 0.15) is 39.7 Å². The van der Waals surface area contributed by atoms with Gasteiger partial charge in [0, 0.05) is 29.1 Å². The fourth-order valence-corrected chi connectivity index (χ4v) is 3.79. The molecule has 2 unspecified atom stereocenters. The number of benzene rings is 1. The zero-order valence-electron chi connectivity index (χ0n) is 15.8. The van der Waals surface area contributed by atoms with Gasteiger partial charge in [-0.2, -0.15) is 0 Å². The number of carboxylic acid groups (broad SMARTS) is 1. The summed E-state index contributed by atoms with van der Waals surface area (Å²) in [4.78, 5) is 25.7. The predicted octanol–water partition coefficient (Wildman–Crippen LogP) is 3.04. The first-order valence-electron chi connectivity index (χ1n) is 8.81. The molecule has 1 aliphatic heterocycles. The second-order valence-electron chi connectivity index (χ2n) is 8.04. The van der Waals surface area contributed by atoms with Crippen molar-refractivity contribution in [2.45, 2.75) is 45.7 Å². The van der Waals surface area contributed by atoms with Crippen molar-refractivity contribution in [3.8, 4) is 0 Å². The van der Waals surface area contributed by atoms with Crippen LogP contribution in [-0.2, 0) is 10.3 Å². The molecule has 1 heterocycles. The van der Waals surface area contributed by atoms with Crippen molar-refractivity contribution >= 4 is 23.6 Å². The highest BCUT2D eigenvalue weighted by Gasteiger charge is 2.49. The molecule has 144 valence electrons. The first kappa shape index (κ1) is 20.5. The number of nitrogens with two attached hydrogens (primary N) is 1. The molecule has 7 heteroatoms. The minimum Gasteiger partial charge on any atom is -0.465 e. The Morgan fingerprint density at radius 2 is 1.85 bits per heavy atom. The first-order valence-corrected chi connectivity index (χ1v) is 9.19. The van der Waals surface area contributed by atoms with Crippen molar-refractivity contribution in [1.82, 2.24) is 10.2 Å². The van der Waals surface area contributed by atoms with E-state index in [4.69, 9.17) is 22.4 Å². The minimum atomic E-state index is -1.19. The summed E-state index contributed by atoms with van der Waals surface area (Å²) in [5.41, 5.74) is 6.80. The monoisotopic (exact) mass is 381 g/mol. The Hall–Kier alpha value is -1.79. The van der Waals surface area contributed by atoms with Crippen molar-refractivity contribution in [1.29, 1.82) is 0 Å². The van der Waals surface area contributed by atoms with Crippen LogP contribution in [0.15, 0.2) is 24.3 Å². The molecule has 1 aromatic rings. The van der Waals surface area contributed by atoms with E-state index in [1.54, 1.807) is 4.90 Å². The molecule has 4 N–H and O–H groups in total. The van der Waals surface area contributed by atoms with Gasteiger partial charge in [0.1, 0.15) is 6.04 Å². The van der Waals surface area contributed by atoms with Crippen molar-refractivity contribution in [3.05, 3.63) is 34.9 Å². The molecule has 26 heavy (non-hydrogen) atoms. The number of hydrogen-bond acceptors (Lipinski definition) is 3. The van der Waals surface area contributed by atoms with Gasteiger partial charge in [0.15, 0.2) is 0 Å². The predicted molar refractivity (Wildman–Crippen MR) is 102 cm³/mol. The number of nitrogens with one attached hydrogen (secondary N) is 1. The van der Waals surface area contributed by atoms with Gasteiger partial charge in [0.2, 0.25) is 5.91 Å². The largest absolute Gasteiger partial charge is 0.465 e. The molecule has 1 aromatic carbocycles. The summed E-state index contributed by atoms with van der Waals surface area (Å²) in [6.07, 6.45) is -0.603. The maximum Gasteiger partial charge on any atom is 0.405 e. The molecule has 0 bridgehead atoms. The summed E-state index contributed by atoms with van der Waals surface area (Å²) in [5.74, 6) is -0.337. The number of likely N-dealkylation sites (tertiary alicyclic amines) is 1. The second-order valence-corrected chi connectivity index (χ2v) is 8.48. The summed E-state index contributed by atoms with van der Waals surface area (Å²) in [6.45, 7) is 8.66. The summed E-state index contributed by atoms with van der Waals surface area (Å²) in [6, 6.07) is 6.76. The minimum absolute atomic E-state index is 0.137. The van der Waals surface area contributed by atoms with Gasteiger partial charge in [-0.15, -0.1) is 0 Å². The Morgan fingerprint density at radius 3 is 2.31 bits per heavy atom. The van der Waals surface area contributed by atoms with E-state index in [0.717, 1.165) is 5.56 Å². The average Bonchev–Trinajstić information content (AvgIpc) is 2.54. The summed E-state index contributed by atoms with van der Waals surface area (Å²) in [7, 11) is 0. The first-order chi connectivity index (χ1) is 12.0. The van der Waals surface area contributed by atoms with Crippen LogP contribution in [-0.4, -0.2) is 41.1 Å². The quantitative estimate of drug-likeness (QED) is 0.746. The van der Waals surface area contributed by atoms with Gasteiger partial charge in [0.25, 0.3) is 0 Å². The van der Waals surface area contributed by atoms with Crippen LogP contribution >= 0.6 is 11.6 Å².